The largest absolute Gasteiger partial charge is 0.506 e. The van der Waals surface area contributed by atoms with Crippen LogP contribution in [0.5, 0.6) is 5.75 Å². The SMILES string of the molecule is Cc1ccc(O)c(NC(=O)C2CC(=O)N(CCCN(C)C)C2)c1. The average Bonchev–Trinajstić information content (AvgIpc) is 2.84. The number of amides is 2. The molecule has 1 saturated heterocycles. The van der Waals surface area contributed by atoms with E-state index in [-0.39, 0.29) is 29.9 Å². The monoisotopic (exact) mass is 319 g/mol. The number of aryl methyl sites for hydroxylation is 1. The molecule has 6 heteroatoms. The lowest BCUT2D eigenvalue weighted by Gasteiger charge is -2.18. The molecule has 1 unspecified atom stereocenters. The zero-order valence-electron chi connectivity index (χ0n) is 14.0. The maximum absolute atomic E-state index is 12.3. The van der Waals surface area contributed by atoms with Crippen LogP contribution < -0.4 is 5.32 Å². The van der Waals surface area contributed by atoms with Crippen LogP contribution in [0.4, 0.5) is 5.69 Å². The highest BCUT2D eigenvalue weighted by molar-refractivity contribution is 5.98. The predicted octanol–water partition coefficient (Wildman–Crippen LogP) is 1.44. The molecule has 1 aliphatic rings. The normalized spacial score (nSPS) is 17.8. The lowest BCUT2D eigenvalue weighted by molar-refractivity contribution is -0.128. The molecule has 1 aromatic rings. The molecule has 23 heavy (non-hydrogen) atoms. The molecular formula is C17H25N3O3. The summed E-state index contributed by atoms with van der Waals surface area (Å²) in [6.45, 7) is 3.93. The number of anilines is 1. The van der Waals surface area contributed by atoms with E-state index < -0.39 is 0 Å². The number of likely N-dealkylation sites (tertiary alicyclic amines) is 1. The van der Waals surface area contributed by atoms with E-state index in [4.69, 9.17) is 0 Å². The Balaban J connectivity index is 1.91. The highest BCUT2D eigenvalue weighted by atomic mass is 16.3. The van der Waals surface area contributed by atoms with Crippen molar-refractivity contribution in [2.24, 2.45) is 5.92 Å². The molecule has 0 aliphatic carbocycles. The standard InChI is InChI=1S/C17H25N3O3/c1-12-5-6-15(21)14(9-12)18-17(23)13-10-16(22)20(11-13)8-4-7-19(2)3/h5-6,9,13,21H,4,7-8,10-11H2,1-3H3,(H,18,23). The zero-order chi connectivity index (χ0) is 17.0. The van der Waals surface area contributed by atoms with Crippen LogP contribution in [0.1, 0.15) is 18.4 Å². The van der Waals surface area contributed by atoms with Gasteiger partial charge in [-0.2, -0.15) is 0 Å². The number of phenols is 1. The average molecular weight is 319 g/mol. The fourth-order valence-electron chi connectivity index (χ4n) is 2.73. The molecule has 126 valence electrons. The first-order valence-corrected chi connectivity index (χ1v) is 7.90. The second kappa shape index (κ2) is 7.46. The molecule has 0 saturated carbocycles. The molecule has 2 N–H and O–H groups in total. The van der Waals surface area contributed by atoms with Crippen LogP contribution >= 0.6 is 0 Å². The van der Waals surface area contributed by atoms with Crippen LogP contribution in [0.3, 0.4) is 0 Å². The molecule has 2 amide bonds. The fraction of sp³-hybridized carbons (Fsp3) is 0.529. The van der Waals surface area contributed by atoms with E-state index in [2.05, 4.69) is 10.2 Å². The Morgan fingerprint density at radius 2 is 2.17 bits per heavy atom. The van der Waals surface area contributed by atoms with Crippen molar-refractivity contribution in [1.82, 2.24) is 9.80 Å². The number of carbonyl (C=O) groups excluding carboxylic acids is 2. The fourth-order valence-corrected chi connectivity index (χ4v) is 2.73. The molecule has 1 heterocycles. The Kier molecular flexibility index (Phi) is 5.60. The summed E-state index contributed by atoms with van der Waals surface area (Å²) in [7, 11) is 3.99. The minimum Gasteiger partial charge on any atom is -0.506 e. The molecule has 1 atom stereocenters. The minimum absolute atomic E-state index is 0.0253. The van der Waals surface area contributed by atoms with E-state index >= 15 is 0 Å². The van der Waals surface area contributed by atoms with E-state index in [0.717, 1.165) is 18.5 Å². The lowest BCUT2D eigenvalue weighted by atomic mass is 10.1. The van der Waals surface area contributed by atoms with Crippen LogP contribution in [0.2, 0.25) is 0 Å². The lowest BCUT2D eigenvalue weighted by Crippen LogP contribution is -2.30. The Morgan fingerprint density at radius 3 is 2.87 bits per heavy atom. The number of hydrogen-bond acceptors (Lipinski definition) is 4. The number of aromatic hydroxyl groups is 1. The van der Waals surface area contributed by atoms with Gasteiger partial charge in [0.05, 0.1) is 11.6 Å². The van der Waals surface area contributed by atoms with Crippen molar-refractivity contribution < 1.29 is 14.7 Å². The first-order valence-electron chi connectivity index (χ1n) is 7.90. The molecule has 0 radical (unpaired) electrons. The summed E-state index contributed by atoms with van der Waals surface area (Å²) in [6, 6.07) is 5.05. The van der Waals surface area contributed by atoms with Gasteiger partial charge in [-0.15, -0.1) is 0 Å². The maximum atomic E-state index is 12.3. The summed E-state index contributed by atoms with van der Waals surface area (Å²) in [5, 5.41) is 12.5. The van der Waals surface area contributed by atoms with Gasteiger partial charge >= 0.3 is 0 Å². The van der Waals surface area contributed by atoms with Crippen LogP contribution in [-0.2, 0) is 9.59 Å². The molecule has 1 fully saturated rings. The second-order valence-corrected chi connectivity index (χ2v) is 6.41. The zero-order valence-corrected chi connectivity index (χ0v) is 14.0. The number of carbonyl (C=O) groups is 2. The Hall–Kier alpha value is -2.08. The first kappa shape index (κ1) is 17.3. The van der Waals surface area contributed by atoms with E-state index in [1.165, 1.54) is 0 Å². The maximum Gasteiger partial charge on any atom is 0.229 e. The first-order chi connectivity index (χ1) is 10.9. The van der Waals surface area contributed by atoms with E-state index in [9.17, 15) is 14.7 Å². The topological polar surface area (TPSA) is 72.9 Å². The molecule has 1 aromatic carbocycles. The molecule has 1 aliphatic heterocycles. The summed E-state index contributed by atoms with van der Waals surface area (Å²) in [5.41, 5.74) is 1.35. The van der Waals surface area contributed by atoms with E-state index in [0.29, 0.717) is 18.8 Å². The summed E-state index contributed by atoms with van der Waals surface area (Å²) < 4.78 is 0. The molecule has 0 aromatic heterocycles. The van der Waals surface area contributed by atoms with Crippen LogP contribution in [0.25, 0.3) is 0 Å². The van der Waals surface area contributed by atoms with Gasteiger partial charge in [0.25, 0.3) is 0 Å². The van der Waals surface area contributed by atoms with Crippen LogP contribution in [0.15, 0.2) is 18.2 Å². The van der Waals surface area contributed by atoms with Gasteiger partial charge in [-0.05, 0) is 51.7 Å². The molecule has 0 spiro atoms. The van der Waals surface area contributed by atoms with Gasteiger partial charge in [-0.1, -0.05) is 6.07 Å². The molecule has 2 rings (SSSR count). The highest BCUT2D eigenvalue weighted by Crippen LogP contribution is 2.26. The van der Waals surface area contributed by atoms with Crippen molar-refractivity contribution in [3.63, 3.8) is 0 Å². The Labute approximate surface area is 137 Å². The predicted molar refractivity (Wildman–Crippen MR) is 89.3 cm³/mol. The van der Waals surface area contributed by atoms with E-state index in [1.54, 1.807) is 23.1 Å². The summed E-state index contributed by atoms with van der Waals surface area (Å²) in [6.07, 6.45) is 1.13. The van der Waals surface area contributed by atoms with Crippen LogP contribution in [0, 0.1) is 12.8 Å². The van der Waals surface area contributed by atoms with Crippen molar-refractivity contribution in [2.45, 2.75) is 19.8 Å². The summed E-state index contributed by atoms with van der Waals surface area (Å²) >= 11 is 0. The number of phenolic OH excluding ortho intramolecular Hbond substituents is 1. The van der Waals surface area contributed by atoms with Crippen molar-refractivity contribution in [3.8, 4) is 5.75 Å². The molecule has 6 nitrogen and oxygen atoms in total. The van der Waals surface area contributed by atoms with Crippen molar-refractivity contribution in [2.75, 3.05) is 39.0 Å². The molecule has 0 bridgehead atoms. The third kappa shape index (κ3) is 4.69. The smallest absolute Gasteiger partial charge is 0.229 e. The highest BCUT2D eigenvalue weighted by Gasteiger charge is 2.34. The molecular weight excluding hydrogens is 294 g/mol. The summed E-state index contributed by atoms with van der Waals surface area (Å²) in [5.74, 6) is -0.510. The van der Waals surface area contributed by atoms with Gasteiger partial charge in [0.1, 0.15) is 5.75 Å². The van der Waals surface area contributed by atoms with E-state index in [1.807, 2.05) is 21.0 Å². The van der Waals surface area contributed by atoms with Crippen molar-refractivity contribution in [3.05, 3.63) is 23.8 Å². The van der Waals surface area contributed by atoms with Crippen LogP contribution in [-0.4, -0.2) is 60.5 Å². The Morgan fingerprint density at radius 1 is 1.43 bits per heavy atom. The number of rotatable bonds is 6. The third-order valence-corrected chi connectivity index (χ3v) is 4.03. The number of benzene rings is 1. The van der Waals surface area contributed by atoms with Gasteiger partial charge in [0.2, 0.25) is 11.8 Å². The van der Waals surface area contributed by atoms with Crippen molar-refractivity contribution >= 4 is 17.5 Å². The Bertz CT molecular complexity index is 586. The van der Waals surface area contributed by atoms with Gasteiger partial charge < -0.3 is 20.2 Å². The van der Waals surface area contributed by atoms with Gasteiger partial charge in [0.15, 0.2) is 0 Å². The minimum atomic E-state index is -0.359. The quantitative estimate of drug-likeness (QED) is 0.778. The second-order valence-electron chi connectivity index (χ2n) is 6.41. The van der Waals surface area contributed by atoms with Gasteiger partial charge in [-0.3, -0.25) is 9.59 Å². The third-order valence-electron chi connectivity index (χ3n) is 4.03. The van der Waals surface area contributed by atoms with Gasteiger partial charge in [0, 0.05) is 19.5 Å². The number of hydrogen-bond donors (Lipinski definition) is 2. The number of nitrogens with zero attached hydrogens (tertiary/aromatic N) is 2. The summed E-state index contributed by atoms with van der Waals surface area (Å²) in [4.78, 5) is 28.2. The van der Waals surface area contributed by atoms with Crippen molar-refractivity contribution in [1.29, 1.82) is 0 Å². The van der Waals surface area contributed by atoms with Gasteiger partial charge in [-0.25, -0.2) is 0 Å². The number of nitrogens with one attached hydrogen (secondary N) is 1.